The van der Waals surface area contributed by atoms with E-state index in [0.717, 1.165) is 84.6 Å². The molecule has 18 aromatic carbocycles. The number of pyridine rings is 1. The largest absolute Gasteiger partial charge is 0.316 e. The molecule has 0 amide bonds. The molecule has 0 atom stereocenters. The number of nitrogens with zero attached hydrogens (tertiary/aromatic N) is 12. The number of aromatic nitrogens is 9. The Labute approximate surface area is 760 Å². The molecule has 0 saturated heterocycles. The third kappa shape index (κ3) is 13.1. The van der Waals surface area contributed by atoms with Gasteiger partial charge in [0.25, 0.3) is 0 Å². The number of para-hydroxylation sites is 6. The SMILES string of the molecule is C1=CN(c2cc(-c3ccccc3)nc(-c3ccccc3)c2)c2cccc3cc4c(c1c23)c1ccccc1n4-c1ccccc1.C1=CN(c2nc(-c3ccccc3)cc(-c3ccccc3)n2)c2cccc3cc4c(c1c23)c1ccccc1n4-c1ccccc1.C1=CN(c2nc(-c3ccccc3)nc(-c3ccccc3)n2)c2cccc3cc4c(c1c23)c1ccccc1n4-c1ccccc1. The van der Waals surface area contributed by atoms with E-state index >= 15 is 0 Å². The molecule has 0 fully saturated rings. The second-order valence-corrected chi connectivity index (χ2v) is 33.3. The molecule has 3 aliphatic rings. The number of hydrogen-bond acceptors (Lipinski definition) is 9. The molecule has 0 N–H and O–H groups in total. The van der Waals surface area contributed by atoms with Crippen LogP contribution in [-0.2, 0) is 0 Å². The van der Waals surface area contributed by atoms with Crippen molar-refractivity contribution in [1.82, 2.24) is 43.6 Å². The van der Waals surface area contributed by atoms with Crippen molar-refractivity contribution in [3.8, 4) is 84.9 Å². The molecule has 618 valence electrons. The predicted octanol–water partition coefficient (Wildman–Crippen LogP) is 30.5. The topological polar surface area (TPSA) is 102 Å². The van der Waals surface area contributed by atoms with Gasteiger partial charge in [-0.3, -0.25) is 9.80 Å². The van der Waals surface area contributed by atoms with Crippen molar-refractivity contribution in [2.45, 2.75) is 0 Å². The lowest BCUT2D eigenvalue weighted by molar-refractivity contribution is 1.02. The Morgan fingerprint density at radius 1 is 0.174 bits per heavy atom. The summed E-state index contributed by atoms with van der Waals surface area (Å²) in [5.74, 6) is 2.51. The maximum Gasteiger partial charge on any atom is 0.238 e. The summed E-state index contributed by atoms with van der Waals surface area (Å²) in [5, 5.41) is 14.7. The fraction of sp³-hybridized carbons (Fsp3) is 0. The van der Waals surface area contributed by atoms with Crippen molar-refractivity contribution in [1.29, 1.82) is 0 Å². The molecule has 27 rings (SSSR count). The van der Waals surface area contributed by atoms with Crippen molar-refractivity contribution >= 4 is 151 Å². The Balaban J connectivity index is 0.000000106. The Kier molecular flexibility index (Phi) is 18.6. The zero-order chi connectivity index (χ0) is 87.1. The zero-order valence-corrected chi connectivity index (χ0v) is 71.4. The number of fused-ring (bicyclic) bond motifs is 12. The predicted molar refractivity (Wildman–Crippen MR) is 547 cm³/mol. The Bertz CT molecular complexity index is 7760. The monoisotopic (exact) mass is 1690 g/mol. The van der Waals surface area contributed by atoms with Crippen LogP contribution in [0.15, 0.2) is 455 Å². The highest BCUT2D eigenvalue weighted by Gasteiger charge is 2.30. The van der Waals surface area contributed by atoms with E-state index in [-0.39, 0.29) is 0 Å². The third-order valence-corrected chi connectivity index (χ3v) is 25.6. The van der Waals surface area contributed by atoms with E-state index in [4.69, 9.17) is 29.9 Å². The maximum atomic E-state index is 5.13. The number of anilines is 6. The van der Waals surface area contributed by atoms with E-state index in [1.54, 1.807) is 0 Å². The highest BCUT2D eigenvalue weighted by atomic mass is 15.3. The molecule has 0 saturated carbocycles. The van der Waals surface area contributed by atoms with Gasteiger partial charge in [-0.1, -0.05) is 328 Å². The van der Waals surface area contributed by atoms with Crippen LogP contribution >= 0.6 is 0 Å². The molecular formula is C120H78N12. The van der Waals surface area contributed by atoms with Crippen LogP contribution in [0, 0.1) is 0 Å². The van der Waals surface area contributed by atoms with Gasteiger partial charge in [0.05, 0.1) is 72.9 Å². The first kappa shape index (κ1) is 76.4. The lowest BCUT2D eigenvalue weighted by Crippen LogP contribution is -2.16. The number of benzene rings is 18. The van der Waals surface area contributed by atoms with Gasteiger partial charge in [-0.2, -0.15) is 9.97 Å². The van der Waals surface area contributed by atoms with Gasteiger partial charge in [0.2, 0.25) is 11.9 Å². The van der Waals surface area contributed by atoms with Crippen molar-refractivity contribution in [3.05, 3.63) is 472 Å². The molecule has 12 nitrogen and oxygen atoms in total. The van der Waals surface area contributed by atoms with Gasteiger partial charge in [-0.25, -0.2) is 19.9 Å². The Hall–Kier alpha value is -18.0. The van der Waals surface area contributed by atoms with Gasteiger partial charge < -0.3 is 18.6 Å². The van der Waals surface area contributed by atoms with Gasteiger partial charge >= 0.3 is 0 Å². The molecular weight excluding hydrogens is 1610 g/mol. The van der Waals surface area contributed by atoms with Gasteiger partial charge in [0, 0.05) is 123 Å². The van der Waals surface area contributed by atoms with E-state index in [2.05, 4.69) is 393 Å². The zero-order valence-electron chi connectivity index (χ0n) is 71.4. The van der Waals surface area contributed by atoms with Crippen molar-refractivity contribution in [3.63, 3.8) is 0 Å². The molecule has 9 heterocycles. The van der Waals surface area contributed by atoms with Crippen LogP contribution in [0.2, 0.25) is 0 Å². The van der Waals surface area contributed by atoms with E-state index in [1.165, 1.54) is 126 Å². The molecule has 0 aliphatic carbocycles. The fourth-order valence-electron chi connectivity index (χ4n) is 19.8. The van der Waals surface area contributed by atoms with E-state index in [1.807, 2.05) is 109 Å². The lowest BCUT2D eigenvalue weighted by atomic mass is 9.94. The first-order valence-corrected chi connectivity index (χ1v) is 44.6. The maximum absolute atomic E-state index is 5.13. The minimum absolute atomic E-state index is 0.582. The van der Waals surface area contributed by atoms with Crippen molar-refractivity contribution in [2.24, 2.45) is 0 Å². The van der Waals surface area contributed by atoms with Crippen molar-refractivity contribution in [2.75, 3.05) is 14.7 Å². The molecule has 24 aromatic rings. The quantitative estimate of drug-likeness (QED) is 0.118. The van der Waals surface area contributed by atoms with Gasteiger partial charge in [0.1, 0.15) is 0 Å². The average molecular weight is 1690 g/mol. The molecule has 132 heavy (non-hydrogen) atoms. The molecule has 0 spiro atoms. The molecule has 3 aliphatic heterocycles. The first-order chi connectivity index (χ1) is 65.5. The average Bonchev–Trinajstić information content (AvgIpc) is 1.70. The van der Waals surface area contributed by atoms with Gasteiger partial charge in [0.15, 0.2) is 11.6 Å². The summed E-state index contributed by atoms with van der Waals surface area (Å²) in [7, 11) is 0. The first-order valence-electron chi connectivity index (χ1n) is 44.6. The molecule has 0 radical (unpaired) electrons. The minimum Gasteiger partial charge on any atom is -0.316 e. The van der Waals surface area contributed by atoms with Crippen molar-refractivity contribution < 1.29 is 0 Å². The van der Waals surface area contributed by atoms with Crippen LogP contribution in [0.3, 0.4) is 0 Å². The highest BCUT2D eigenvalue weighted by Crippen LogP contribution is 2.51. The standard InChI is InChI=1S/C41H27N3.C40H26N4.C39H25N5/c1-4-13-28(14-5-1)35-26-32(27-36(42-35)29-15-6-2-7-16-29)43-24-23-34-40-30(17-12-22-38(40)43)25-39-41(34)33-20-10-11-21-37(33)44(39)31-18-8-3-9-19-31;1-4-13-27(14-5-1)33-26-34(28-15-6-2-7-16-28)42-40(41-33)43-24-23-32-38-29(17-12-22-36(38)43)25-37-39(32)31-20-10-11-21-35(31)44(37)30-18-8-3-9-19-30;1-4-13-26(14-5-1)37-40-38(27-15-6-2-7-16-27)42-39(41-37)43-24-23-31-35-28(17-12-22-33(35)43)25-34-36(31)30-20-10-11-21-32(30)44(34)29-18-8-3-9-19-29/h1-27H;1-26H;1-25H. The lowest BCUT2D eigenvalue weighted by Gasteiger charge is -2.28. The van der Waals surface area contributed by atoms with Gasteiger partial charge in [-0.15, -0.1) is 0 Å². The normalized spacial score (nSPS) is 12.4. The van der Waals surface area contributed by atoms with E-state index in [9.17, 15) is 0 Å². The summed E-state index contributed by atoms with van der Waals surface area (Å²) in [6.45, 7) is 0. The van der Waals surface area contributed by atoms with Crippen LogP contribution in [0.25, 0.3) is 201 Å². The smallest absolute Gasteiger partial charge is 0.238 e. The summed E-state index contributed by atoms with van der Waals surface area (Å²) in [5.41, 5.74) is 28.6. The summed E-state index contributed by atoms with van der Waals surface area (Å²) < 4.78 is 7.15. The minimum atomic E-state index is 0.582. The fourth-order valence-corrected chi connectivity index (χ4v) is 19.8. The summed E-state index contributed by atoms with van der Waals surface area (Å²) >= 11 is 0. The Morgan fingerprint density at radius 2 is 0.447 bits per heavy atom. The summed E-state index contributed by atoms with van der Waals surface area (Å²) in [4.78, 5) is 36.8. The van der Waals surface area contributed by atoms with Crippen LogP contribution in [-0.4, -0.2) is 43.6 Å². The highest BCUT2D eigenvalue weighted by molar-refractivity contribution is 6.25. The Morgan fingerprint density at radius 3 is 0.780 bits per heavy atom. The third-order valence-electron chi connectivity index (χ3n) is 25.6. The van der Waals surface area contributed by atoms with Crippen LogP contribution in [0.4, 0.5) is 34.6 Å². The van der Waals surface area contributed by atoms with Gasteiger partial charge in [-0.05, 0) is 160 Å². The molecule has 0 bridgehead atoms. The summed E-state index contributed by atoms with van der Waals surface area (Å²) in [6, 6.07) is 153. The molecule has 6 aromatic heterocycles. The molecule has 12 heteroatoms. The second kappa shape index (κ2) is 32.1. The number of hydrogen-bond donors (Lipinski definition) is 0. The second-order valence-electron chi connectivity index (χ2n) is 33.3. The number of rotatable bonds is 12. The van der Waals surface area contributed by atoms with Crippen LogP contribution in [0.5, 0.6) is 0 Å². The van der Waals surface area contributed by atoms with E-state index < -0.39 is 0 Å². The van der Waals surface area contributed by atoms with Crippen LogP contribution < -0.4 is 14.7 Å². The van der Waals surface area contributed by atoms with E-state index in [0.29, 0.717) is 23.5 Å². The summed E-state index contributed by atoms with van der Waals surface area (Å²) in [6.07, 6.45) is 13.2. The molecule has 0 unspecified atom stereocenters. The van der Waals surface area contributed by atoms with Crippen LogP contribution in [0.1, 0.15) is 16.7 Å².